The molecule has 0 amide bonds. The van der Waals surface area contributed by atoms with E-state index < -0.39 is 0 Å². The Morgan fingerprint density at radius 3 is 2.00 bits per heavy atom. The van der Waals surface area contributed by atoms with Crippen LogP contribution in [0.3, 0.4) is 0 Å². The summed E-state index contributed by atoms with van der Waals surface area (Å²) in [6, 6.07) is 24.1. The molecule has 0 unspecified atom stereocenters. The molecule has 190 valence electrons. The first-order valence-electron chi connectivity index (χ1n) is 13.2. The first-order chi connectivity index (χ1) is 17.5. The number of carbonyl (C=O) groups excluding carboxylic acids is 1. The molecule has 3 aromatic carbocycles. The van der Waals surface area contributed by atoms with Crippen LogP contribution >= 0.6 is 0 Å². The van der Waals surface area contributed by atoms with Gasteiger partial charge in [0, 0.05) is 18.6 Å². The van der Waals surface area contributed by atoms with E-state index in [0.29, 0.717) is 25.0 Å². The highest BCUT2D eigenvalue weighted by atomic mass is 16.5. The van der Waals surface area contributed by atoms with E-state index in [0.717, 1.165) is 36.0 Å². The maximum Gasteiger partial charge on any atom is 0.333 e. The standard InChI is InChI=1S/C33H40O3/c1-4-5-6-7-26-8-10-27(11-9-26)12-13-29-16-19-32(30-17-14-28(15-18-30)20-22-34)31(24-29)21-23-36-33(35)25(2)3/h8-11,14-19,24,34H,2,4-7,12-13,20-23H2,1,3H3. The normalized spacial score (nSPS) is 10.9. The number of aryl methyl sites for hydroxylation is 3. The lowest BCUT2D eigenvalue weighted by molar-refractivity contribution is -0.138. The second-order valence-electron chi connectivity index (χ2n) is 9.60. The van der Waals surface area contributed by atoms with Gasteiger partial charge in [0.05, 0.1) is 6.61 Å². The van der Waals surface area contributed by atoms with Crippen LogP contribution in [-0.4, -0.2) is 24.3 Å². The van der Waals surface area contributed by atoms with E-state index in [-0.39, 0.29) is 12.6 Å². The number of carbonyl (C=O) groups is 1. The molecule has 0 fully saturated rings. The number of hydrogen-bond donors (Lipinski definition) is 1. The third kappa shape index (κ3) is 8.49. The Morgan fingerprint density at radius 1 is 0.778 bits per heavy atom. The minimum atomic E-state index is -0.348. The summed E-state index contributed by atoms with van der Waals surface area (Å²) in [4.78, 5) is 11.9. The predicted molar refractivity (Wildman–Crippen MR) is 149 cm³/mol. The number of benzene rings is 3. The molecule has 3 aromatic rings. The molecule has 36 heavy (non-hydrogen) atoms. The van der Waals surface area contributed by atoms with Crippen molar-refractivity contribution in [1.82, 2.24) is 0 Å². The van der Waals surface area contributed by atoms with E-state index in [1.54, 1.807) is 6.92 Å². The van der Waals surface area contributed by atoms with Gasteiger partial charge in [-0.1, -0.05) is 93.1 Å². The summed E-state index contributed by atoms with van der Waals surface area (Å²) in [5.74, 6) is -0.348. The van der Waals surface area contributed by atoms with Gasteiger partial charge in [0.2, 0.25) is 0 Å². The van der Waals surface area contributed by atoms with Crippen molar-refractivity contribution in [2.45, 2.75) is 65.2 Å². The van der Waals surface area contributed by atoms with E-state index in [1.165, 1.54) is 41.5 Å². The highest BCUT2D eigenvalue weighted by molar-refractivity contribution is 5.86. The quantitative estimate of drug-likeness (QED) is 0.151. The molecule has 0 saturated carbocycles. The van der Waals surface area contributed by atoms with Crippen molar-refractivity contribution < 1.29 is 14.6 Å². The Bertz CT molecular complexity index is 1110. The van der Waals surface area contributed by atoms with Gasteiger partial charge < -0.3 is 9.84 Å². The topological polar surface area (TPSA) is 46.5 Å². The van der Waals surface area contributed by atoms with Crippen LogP contribution in [0.25, 0.3) is 11.1 Å². The maximum atomic E-state index is 11.9. The number of esters is 1. The van der Waals surface area contributed by atoms with Crippen LogP contribution < -0.4 is 0 Å². The van der Waals surface area contributed by atoms with Crippen molar-refractivity contribution in [1.29, 1.82) is 0 Å². The minimum Gasteiger partial charge on any atom is -0.462 e. The lowest BCUT2D eigenvalue weighted by Crippen LogP contribution is -2.09. The van der Waals surface area contributed by atoms with E-state index in [4.69, 9.17) is 4.74 Å². The van der Waals surface area contributed by atoms with Gasteiger partial charge in [-0.05, 0) is 78.0 Å². The highest BCUT2D eigenvalue weighted by Gasteiger charge is 2.10. The van der Waals surface area contributed by atoms with E-state index in [1.807, 2.05) is 0 Å². The average Bonchev–Trinajstić information content (AvgIpc) is 2.89. The van der Waals surface area contributed by atoms with Gasteiger partial charge >= 0.3 is 5.97 Å². The molecule has 0 aliphatic heterocycles. The second kappa shape index (κ2) is 14.4. The van der Waals surface area contributed by atoms with Crippen LogP contribution in [0, 0.1) is 0 Å². The fourth-order valence-corrected chi connectivity index (χ4v) is 4.39. The summed E-state index contributed by atoms with van der Waals surface area (Å²) in [7, 11) is 0. The third-order valence-electron chi connectivity index (χ3n) is 6.58. The zero-order chi connectivity index (χ0) is 25.8. The molecular formula is C33H40O3. The summed E-state index contributed by atoms with van der Waals surface area (Å²) >= 11 is 0. The van der Waals surface area contributed by atoms with Crippen LogP contribution in [0.5, 0.6) is 0 Å². The molecule has 0 radical (unpaired) electrons. The second-order valence-corrected chi connectivity index (χ2v) is 9.60. The first kappa shape index (κ1) is 27.4. The number of aliphatic hydroxyl groups is 1. The van der Waals surface area contributed by atoms with Gasteiger partial charge in [0.15, 0.2) is 0 Å². The highest BCUT2D eigenvalue weighted by Crippen LogP contribution is 2.27. The lowest BCUT2D eigenvalue weighted by Gasteiger charge is -2.14. The van der Waals surface area contributed by atoms with Gasteiger partial charge in [0.25, 0.3) is 0 Å². The molecule has 3 nitrogen and oxygen atoms in total. The average molecular weight is 485 g/mol. The van der Waals surface area contributed by atoms with Gasteiger partial charge in [-0.15, -0.1) is 0 Å². The van der Waals surface area contributed by atoms with Crippen LogP contribution in [0.2, 0.25) is 0 Å². The first-order valence-corrected chi connectivity index (χ1v) is 13.2. The number of hydrogen-bond acceptors (Lipinski definition) is 3. The number of unbranched alkanes of at least 4 members (excludes halogenated alkanes) is 2. The van der Waals surface area contributed by atoms with Crippen molar-refractivity contribution in [2.75, 3.05) is 13.2 Å². The molecule has 0 heterocycles. The lowest BCUT2D eigenvalue weighted by atomic mass is 9.93. The van der Waals surface area contributed by atoms with E-state index >= 15 is 0 Å². The van der Waals surface area contributed by atoms with Crippen molar-refractivity contribution in [3.63, 3.8) is 0 Å². The molecule has 0 aromatic heterocycles. The fraction of sp³-hybridized carbons (Fsp3) is 0.364. The summed E-state index contributed by atoms with van der Waals surface area (Å²) in [5.41, 5.74) is 9.04. The number of rotatable bonds is 14. The van der Waals surface area contributed by atoms with Crippen molar-refractivity contribution >= 4 is 5.97 Å². The zero-order valence-corrected chi connectivity index (χ0v) is 21.9. The monoisotopic (exact) mass is 484 g/mol. The number of aliphatic hydroxyl groups excluding tert-OH is 1. The fourth-order valence-electron chi connectivity index (χ4n) is 4.39. The summed E-state index contributed by atoms with van der Waals surface area (Å²) in [5, 5.41) is 9.20. The Kier molecular flexibility index (Phi) is 11.0. The van der Waals surface area contributed by atoms with E-state index in [2.05, 4.69) is 80.2 Å². The molecule has 0 aliphatic carbocycles. The third-order valence-corrected chi connectivity index (χ3v) is 6.58. The smallest absolute Gasteiger partial charge is 0.333 e. The van der Waals surface area contributed by atoms with E-state index in [9.17, 15) is 9.90 Å². The molecule has 1 N–H and O–H groups in total. The maximum absolute atomic E-state index is 11.9. The molecule has 0 atom stereocenters. The molecular weight excluding hydrogens is 444 g/mol. The summed E-state index contributed by atoms with van der Waals surface area (Å²) < 4.78 is 5.40. The van der Waals surface area contributed by atoms with Crippen LogP contribution in [-0.2, 0) is 41.6 Å². The van der Waals surface area contributed by atoms with Crippen molar-refractivity contribution in [2.24, 2.45) is 0 Å². The van der Waals surface area contributed by atoms with Crippen LogP contribution in [0.1, 0.15) is 60.9 Å². The largest absolute Gasteiger partial charge is 0.462 e. The molecule has 3 heteroatoms. The molecule has 0 spiro atoms. The molecule has 3 rings (SSSR count). The van der Waals surface area contributed by atoms with Gasteiger partial charge in [0.1, 0.15) is 0 Å². The zero-order valence-electron chi connectivity index (χ0n) is 21.9. The molecule has 0 bridgehead atoms. The molecule has 0 aliphatic rings. The number of ether oxygens (including phenoxy) is 1. The Morgan fingerprint density at radius 2 is 1.36 bits per heavy atom. The minimum absolute atomic E-state index is 0.148. The predicted octanol–water partition coefficient (Wildman–Crippen LogP) is 7.07. The van der Waals surface area contributed by atoms with Crippen LogP contribution in [0.4, 0.5) is 0 Å². The Balaban J connectivity index is 1.72. The SMILES string of the molecule is C=C(C)C(=O)OCCc1cc(CCc2ccc(CCCCC)cc2)ccc1-c1ccc(CCO)cc1. The Labute approximate surface area is 216 Å². The molecule has 0 saturated heterocycles. The van der Waals surface area contributed by atoms with Crippen LogP contribution in [0.15, 0.2) is 78.9 Å². The van der Waals surface area contributed by atoms with Crippen molar-refractivity contribution in [3.05, 3.63) is 107 Å². The van der Waals surface area contributed by atoms with Gasteiger partial charge in [-0.2, -0.15) is 0 Å². The van der Waals surface area contributed by atoms with Gasteiger partial charge in [-0.3, -0.25) is 0 Å². The summed E-state index contributed by atoms with van der Waals surface area (Å²) in [6.45, 7) is 8.05. The Hall–Kier alpha value is -3.17. The van der Waals surface area contributed by atoms with Gasteiger partial charge in [-0.25, -0.2) is 4.79 Å². The van der Waals surface area contributed by atoms with Crippen molar-refractivity contribution in [3.8, 4) is 11.1 Å². The summed E-state index contributed by atoms with van der Waals surface area (Å²) in [6.07, 6.45) is 8.23.